The molecule has 0 aliphatic carbocycles. The third-order valence-corrected chi connectivity index (χ3v) is 3.70. The highest BCUT2D eigenvalue weighted by molar-refractivity contribution is 5.41. The van der Waals surface area contributed by atoms with E-state index in [1.54, 1.807) is 0 Å². The van der Waals surface area contributed by atoms with Crippen LogP contribution in [0.3, 0.4) is 0 Å². The molecule has 3 heterocycles. The van der Waals surface area contributed by atoms with E-state index in [-0.39, 0.29) is 5.41 Å². The molecule has 4 heteroatoms. The molecule has 1 fully saturated rings. The second-order valence-corrected chi connectivity index (χ2v) is 5.30. The molecular formula is C13H18N4. The topological polar surface area (TPSA) is 42.2 Å². The van der Waals surface area contributed by atoms with E-state index < -0.39 is 0 Å². The Morgan fingerprint density at radius 2 is 2.29 bits per heavy atom. The van der Waals surface area contributed by atoms with E-state index >= 15 is 0 Å². The van der Waals surface area contributed by atoms with Crippen LogP contribution in [0.25, 0.3) is 5.65 Å². The van der Waals surface area contributed by atoms with Gasteiger partial charge in [0.2, 0.25) is 0 Å². The lowest BCUT2D eigenvalue weighted by molar-refractivity contribution is 0.321. The Morgan fingerprint density at radius 3 is 3.06 bits per heavy atom. The first-order valence-corrected chi connectivity index (χ1v) is 6.22. The fraction of sp³-hybridized carbons (Fsp3) is 0.538. The van der Waals surface area contributed by atoms with Crippen molar-refractivity contribution in [3.05, 3.63) is 29.7 Å². The van der Waals surface area contributed by atoms with Gasteiger partial charge in [0.05, 0.1) is 0 Å². The third-order valence-electron chi connectivity index (χ3n) is 3.70. The smallest absolute Gasteiger partial charge is 0.161 e. The van der Waals surface area contributed by atoms with Crippen LogP contribution in [0.1, 0.15) is 31.2 Å². The van der Waals surface area contributed by atoms with Crippen LogP contribution in [-0.2, 0) is 5.41 Å². The van der Waals surface area contributed by atoms with Crippen LogP contribution >= 0.6 is 0 Å². The number of hydrogen-bond donors (Lipinski definition) is 1. The molecule has 0 amide bonds. The fourth-order valence-electron chi connectivity index (χ4n) is 2.65. The number of aromatic nitrogens is 3. The minimum atomic E-state index is 0.104. The minimum absolute atomic E-state index is 0.104. The molecule has 0 bridgehead atoms. The molecule has 2 aromatic rings. The Bertz CT molecular complexity index is 537. The van der Waals surface area contributed by atoms with E-state index in [9.17, 15) is 0 Å². The number of hydrogen-bond acceptors (Lipinski definition) is 3. The molecule has 1 atom stereocenters. The van der Waals surface area contributed by atoms with Crippen LogP contribution < -0.4 is 5.32 Å². The van der Waals surface area contributed by atoms with Crippen molar-refractivity contribution in [2.75, 3.05) is 13.1 Å². The number of piperidine rings is 1. The first kappa shape index (κ1) is 10.7. The number of nitrogens with zero attached hydrogens (tertiary/aromatic N) is 3. The van der Waals surface area contributed by atoms with Crippen LogP contribution in [-0.4, -0.2) is 27.7 Å². The standard InChI is InChI=1S/C13H18N4/c1-10-4-7-17-11(8-10)15-16-12(17)13(2)5-3-6-14-9-13/h4,7-8,14H,3,5-6,9H2,1-2H3. The summed E-state index contributed by atoms with van der Waals surface area (Å²) in [6.07, 6.45) is 4.46. The summed E-state index contributed by atoms with van der Waals surface area (Å²) in [5.74, 6) is 1.08. The van der Waals surface area contributed by atoms with E-state index in [4.69, 9.17) is 0 Å². The molecule has 0 radical (unpaired) electrons. The molecule has 2 aromatic heterocycles. The van der Waals surface area contributed by atoms with Gasteiger partial charge >= 0.3 is 0 Å². The molecule has 90 valence electrons. The van der Waals surface area contributed by atoms with E-state index in [0.717, 1.165) is 24.6 Å². The van der Waals surface area contributed by atoms with Gasteiger partial charge in [-0.3, -0.25) is 4.40 Å². The summed E-state index contributed by atoms with van der Waals surface area (Å²) in [6.45, 7) is 6.46. The molecule has 3 rings (SSSR count). The second-order valence-electron chi connectivity index (χ2n) is 5.30. The molecule has 0 aromatic carbocycles. The number of rotatable bonds is 1. The summed E-state index contributed by atoms with van der Waals surface area (Å²) < 4.78 is 2.12. The molecular weight excluding hydrogens is 212 g/mol. The first-order valence-electron chi connectivity index (χ1n) is 6.22. The molecule has 1 saturated heterocycles. The molecule has 0 spiro atoms. The molecule has 1 aliphatic rings. The minimum Gasteiger partial charge on any atom is -0.316 e. The maximum atomic E-state index is 4.40. The van der Waals surface area contributed by atoms with E-state index in [0.29, 0.717) is 0 Å². The number of aryl methyl sites for hydroxylation is 1. The van der Waals surface area contributed by atoms with Crippen LogP contribution in [0, 0.1) is 6.92 Å². The molecule has 1 aliphatic heterocycles. The molecule has 17 heavy (non-hydrogen) atoms. The number of nitrogens with one attached hydrogen (secondary N) is 1. The molecule has 1 N–H and O–H groups in total. The summed E-state index contributed by atoms with van der Waals surface area (Å²) in [5.41, 5.74) is 2.28. The lowest BCUT2D eigenvalue weighted by atomic mass is 9.82. The number of fused-ring (bicyclic) bond motifs is 1. The van der Waals surface area contributed by atoms with E-state index in [1.807, 2.05) is 0 Å². The number of pyridine rings is 1. The van der Waals surface area contributed by atoms with E-state index in [2.05, 4.69) is 52.1 Å². The van der Waals surface area contributed by atoms with Crippen molar-refractivity contribution in [3.63, 3.8) is 0 Å². The lowest BCUT2D eigenvalue weighted by Crippen LogP contribution is -2.42. The maximum Gasteiger partial charge on any atom is 0.161 e. The summed E-state index contributed by atoms with van der Waals surface area (Å²) in [5, 5.41) is 12.1. The molecule has 4 nitrogen and oxygen atoms in total. The van der Waals surface area contributed by atoms with Gasteiger partial charge in [0.15, 0.2) is 5.65 Å². The quantitative estimate of drug-likeness (QED) is 0.810. The summed E-state index contributed by atoms with van der Waals surface area (Å²) in [4.78, 5) is 0. The van der Waals surface area contributed by atoms with E-state index in [1.165, 1.54) is 18.4 Å². The summed E-state index contributed by atoms with van der Waals surface area (Å²) in [6, 6.07) is 4.19. The van der Waals surface area contributed by atoms with Gasteiger partial charge in [0.1, 0.15) is 5.82 Å². The fourth-order valence-corrected chi connectivity index (χ4v) is 2.65. The van der Waals surface area contributed by atoms with Gasteiger partial charge in [0, 0.05) is 18.2 Å². The van der Waals surface area contributed by atoms with Crippen molar-refractivity contribution in [3.8, 4) is 0 Å². The van der Waals surface area contributed by atoms with Crippen molar-refractivity contribution < 1.29 is 0 Å². The summed E-state index contributed by atoms with van der Waals surface area (Å²) in [7, 11) is 0. The van der Waals surface area contributed by atoms with Crippen molar-refractivity contribution in [1.82, 2.24) is 19.9 Å². The highest BCUT2D eigenvalue weighted by Gasteiger charge is 2.33. The zero-order valence-electron chi connectivity index (χ0n) is 10.4. The van der Waals surface area contributed by atoms with Gasteiger partial charge in [-0.2, -0.15) is 0 Å². The Morgan fingerprint density at radius 1 is 1.41 bits per heavy atom. The Balaban J connectivity index is 2.10. The van der Waals surface area contributed by atoms with Gasteiger partial charge < -0.3 is 5.32 Å². The van der Waals surface area contributed by atoms with Crippen molar-refractivity contribution in [2.45, 2.75) is 32.1 Å². The summed E-state index contributed by atoms with van der Waals surface area (Å²) >= 11 is 0. The van der Waals surface area contributed by atoms with Gasteiger partial charge in [-0.15, -0.1) is 10.2 Å². The van der Waals surface area contributed by atoms with Crippen LogP contribution in [0.15, 0.2) is 18.3 Å². The van der Waals surface area contributed by atoms with Crippen LogP contribution in [0.5, 0.6) is 0 Å². The normalized spacial score (nSPS) is 25.3. The van der Waals surface area contributed by atoms with Gasteiger partial charge in [-0.25, -0.2) is 0 Å². The van der Waals surface area contributed by atoms with Gasteiger partial charge in [-0.1, -0.05) is 6.92 Å². The maximum absolute atomic E-state index is 4.40. The lowest BCUT2D eigenvalue weighted by Gasteiger charge is -2.32. The predicted molar refractivity (Wildman–Crippen MR) is 67.2 cm³/mol. The van der Waals surface area contributed by atoms with Gasteiger partial charge in [-0.05, 0) is 44.0 Å². The predicted octanol–water partition coefficient (Wildman–Crippen LogP) is 1.68. The van der Waals surface area contributed by atoms with Gasteiger partial charge in [0.25, 0.3) is 0 Å². The highest BCUT2D eigenvalue weighted by Crippen LogP contribution is 2.29. The van der Waals surface area contributed by atoms with Crippen LogP contribution in [0.2, 0.25) is 0 Å². The van der Waals surface area contributed by atoms with Crippen molar-refractivity contribution >= 4 is 5.65 Å². The molecule has 1 unspecified atom stereocenters. The average Bonchev–Trinajstić information content (AvgIpc) is 2.73. The zero-order valence-corrected chi connectivity index (χ0v) is 10.4. The average molecular weight is 230 g/mol. The van der Waals surface area contributed by atoms with Crippen molar-refractivity contribution in [2.24, 2.45) is 0 Å². The third kappa shape index (κ3) is 1.72. The monoisotopic (exact) mass is 230 g/mol. The van der Waals surface area contributed by atoms with Crippen molar-refractivity contribution in [1.29, 1.82) is 0 Å². The Kier molecular flexibility index (Phi) is 2.40. The second kappa shape index (κ2) is 3.81. The zero-order chi connectivity index (χ0) is 11.9. The highest BCUT2D eigenvalue weighted by atomic mass is 15.3. The molecule has 0 saturated carbocycles. The van der Waals surface area contributed by atoms with Crippen LogP contribution in [0.4, 0.5) is 0 Å². The SMILES string of the molecule is Cc1ccn2c(C3(C)CCCNC3)nnc2c1. The largest absolute Gasteiger partial charge is 0.316 e. The first-order chi connectivity index (χ1) is 8.19. The Labute approximate surface area is 101 Å². The Hall–Kier alpha value is -1.42.